The van der Waals surface area contributed by atoms with Crippen LogP contribution >= 0.6 is 0 Å². The molecule has 0 aliphatic carbocycles. The van der Waals surface area contributed by atoms with E-state index < -0.39 is 24.1 Å². The lowest BCUT2D eigenvalue weighted by molar-refractivity contribution is -0.142. The van der Waals surface area contributed by atoms with Gasteiger partial charge < -0.3 is 31.2 Å². The highest BCUT2D eigenvalue weighted by molar-refractivity contribution is 5.97. The van der Waals surface area contributed by atoms with Gasteiger partial charge in [-0.1, -0.05) is 0 Å². The van der Waals surface area contributed by atoms with E-state index in [0.29, 0.717) is 56.0 Å². The first-order valence-electron chi connectivity index (χ1n) is 16.6. The summed E-state index contributed by atoms with van der Waals surface area (Å²) < 4.78 is 10.9. The van der Waals surface area contributed by atoms with Crippen LogP contribution < -0.4 is 21.3 Å². The minimum absolute atomic E-state index is 0.00951. The maximum atomic E-state index is 12.2. The lowest BCUT2D eigenvalue weighted by atomic mass is 9.93. The number of hydrogen-bond donors (Lipinski definition) is 6. The van der Waals surface area contributed by atoms with E-state index in [1.807, 2.05) is 4.90 Å². The van der Waals surface area contributed by atoms with E-state index in [0.717, 1.165) is 38.0 Å². The average Bonchev–Trinajstić information content (AvgIpc) is 3.80. The Morgan fingerprint density at radius 2 is 1.22 bits per heavy atom. The van der Waals surface area contributed by atoms with E-state index in [9.17, 15) is 24.3 Å². The zero-order valence-corrected chi connectivity index (χ0v) is 27.7. The lowest BCUT2D eigenvalue weighted by Crippen LogP contribution is -2.41. The summed E-state index contributed by atoms with van der Waals surface area (Å²) in [5.74, 6) is -1.36. The number of ether oxygens (including phenoxy) is 2. The second kappa shape index (κ2) is 16.0. The minimum atomic E-state index is -0.825. The molecule has 0 spiro atoms. The summed E-state index contributed by atoms with van der Waals surface area (Å²) in [4.78, 5) is 53.5. The molecule has 2 aromatic rings. The number of piperidine rings is 1. The number of carbonyl (C=O) groups excluding carboxylic acids is 2. The topological polar surface area (TPSA) is 240 Å². The van der Waals surface area contributed by atoms with Crippen LogP contribution in [0, 0.1) is 16.7 Å². The molecule has 4 aliphatic rings. The Hall–Kier alpha value is -5.22. The normalized spacial score (nSPS) is 22.8. The van der Waals surface area contributed by atoms with Gasteiger partial charge in [0.25, 0.3) is 0 Å². The molecular formula is C34H44N8O8. The van der Waals surface area contributed by atoms with Crippen molar-refractivity contribution in [1.29, 1.82) is 10.8 Å². The number of rotatable bonds is 11. The Labute approximate surface area is 289 Å². The third-order valence-electron chi connectivity index (χ3n) is 9.45. The monoisotopic (exact) mass is 692 g/mol. The number of amidine groups is 2. The van der Waals surface area contributed by atoms with Crippen molar-refractivity contribution in [2.45, 2.75) is 50.4 Å². The summed E-state index contributed by atoms with van der Waals surface area (Å²) in [5, 5.41) is 32.9. The number of benzene rings is 2. The molecule has 0 saturated carbocycles. The van der Waals surface area contributed by atoms with Gasteiger partial charge in [-0.05, 0) is 99.8 Å². The fourth-order valence-electron chi connectivity index (χ4n) is 6.79. The molecule has 0 radical (unpaired) electrons. The van der Waals surface area contributed by atoms with Gasteiger partial charge in [-0.3, -0.25) is 40.0 Å². The van der Waals surface area contributed by atoms with E-state index in [4.69, 9.17) is 36.9 Å². The van der Waals surface area contributed by atoms with Gasteiger partial charge in [0.15, 0.2) is 0 Å². The van der Waals surface area contributed by atoms with Crippen LogP contribution in [0.3, 0.4) is 0 Å². The molecule has 6 rings (SSSR count). The van der Waals surface area contributed by atoms with E-state index in [-0.39, 0.29) is 42.3 Å². The van der Waals surface area contributed by atoms with Crippen molar-refractivity contribution < 1.29 is 38.9 Å². The number of nitrogens with zero attached hydrogens (tertiary/aromatic N) is 4. The number of cyclic esters (lactones) is 2. The smallest absolute Gasteiger partial charge is 0.414 e. The van der Waals surface area contributed by atoms with Crippen LogP contribution in [0.1, 0.15) is 43.2 Å². The summed E-state index contributed by atoms with van der Waals surface area (Å²) >= 11 is 0. The zero-order valence-electron chi connectivity index (χ0n) is 27.7. The number of aliphatic carboxylic acids is 2. The Morgan fingerprint density at radius 3 is 1.66 bits per heavy atom. The summed E-state index contributed by atoms with van der Waals surface area (Å²) in [6.45, 7) is 4.31. The van der Waals surface area contributed by atoms with E-state index in [1.54, 1.807) is 53.4 Å². The van der Waals surface area contributed by atoms with Gasteiger partial charge in [0.1, 0.15) is 29.9 Å². The number of carboxylic acid groups (broad SMARTS) is 2. The first-order chi connectivity index (χ1) is 23.9. The van der Waals surface area contributed by atoms with Gasteiger partial charge in [-0.15, -0.1) is 0 Å². The molecule has 4 aliphatic heterocycles. The number of nitrogens with one attached hydrogen (secondary N) is 2. The van der Waals surface area contributed by atoms with Crippen molar-refractivity contribution in [2.75, 3.05) is 55.6 Å². The lowest BCUT2D eigenvalue weighted by Gasteiger charge is -2.32. The number of hydrogen-bond acceptors (Lipinski definition) is 10. The second-order valence-electron chi connectivity index (χ2n) is 13.0. The third kappa shape index (κ3) is 9.06. The van der Waals surface area contributed by atoms with Crippen molar-refractivity contribution in [2.24, 2.45) is 17.4 Å². The molecule has 268 valence electrons. The molecule has 3 atom stereocenters. The number of amides is 2. The number of nitrogens with two attached hydrogens (primary N) is 2. The van der Waals surface area contributed by atoms with Crippen molar-refractivity contribution in [3.8, 4) is 0 Å². The predicted molar refractivity (Wildman–Crippen MR) is 184 cm³/mol. The molecule has 4 heterocycles. The number of carbonyl (C=O) groups is 4. The highest BCUT2D eigenvalue weighted by atomic mass is 16.6. The number of nitrogen functional groups attached to an aromatic ring is 2. The molecule has 8 N–H and O–H groups in total. The highest BCUT2D eigenvalue weighted by Crippen LogP contribution is 2.27. The SMILES string of the molecule is N=C(N)c1ccc(N2CC(CN3CCC(CC(=O)O)CC3)OC2=O)cc1.N=C(N)c1ccc(N2CC(CN3CCCC3C(=O)O)OC2=O)cc1. The molecule has 4 fully saturated rings. The molecule has 16 heteroatoms. The predicted octanol–water partition coefficient (Wildman–Crippen LogP) is 2.33. The van der Waals surface area contributed by atoms with Crippen molar-refractivity contribution in [3.63, 3.8) is 0 Å². The van der Waals surface area contributed by atoms with E-state index in [2.05, 4.69) is 4.90 Å². The molecule has 2 aromatic carbocycles. The van der Waals surface area contributed by atoms with Gasteiger partial charge in [-0.25, -0.2) is 9.59 Å². The van der Waals surface area contributed by atoms with Crippen LogP contribution in [-0.4, -0.2) is 120 Å². The molecule has 4 saturated heterocycles. The van der Waals surface area contributed by atoms with Crippen LogP contribution in [0.4, 0.5) is 21.0 Å². The Bertz CT molecular complexity index is 1580. The largest absolute Gasteiger partial charge is 0.481 e. The molecule has 0 bridgehead atoms. The van der Waals surface area contributed by atoms with Crippen LogP contribution in [0.2, 0.25) is 0 Å². The second-order valence-corrected chi connectivity index (χ2v) is 13.0. The summed E-state index contributed by atoms with van der Waals surface area (Å²) in [6, 6.07) is 13.3. The third-order valence-corrected chi connectivity index (χ3v) is 9.45. The number of carboxylic acids is 2. The summed E-state index contributed by atoms with van der Waals surface area (Å²) in [6.07, 6.45) is 2.06. The maximum Gasteiger partial charge on any atom is 0.414 e. The molecular weight excluding hydrogens is 648 g/mol. The molecule has 0 aromatic heterocycles. The standard InChI is InChI=1S/C18H24N4O4.C16H20N4O4/c19-17(20)13-1-3-14(4-2-13)22-11-15(26-18(22)25)10-21-7-5-12(6-8-21)9-16(23)24;17-14(18)10-3-5-11(6-4-10)20-9-12(24-16(20)23)8-19-7-1-2-13(19)15(21)22/h1-4,12,15H,5-11H2,(H3,19,20)(H,23,24);3-6,12-13H,1-2,7-9H2,(H3,17,18)(H,21,22). The van der Waals surface area contributed by atoms with Gasteiger partial charge in [0.2, 0.25) is 0 Å². The van der Waals surface area contributed by atoms with Gasteiger partial charge in [0, 0.05) is 42.0 Å². The Balaban J connectivity index is 0.000000195. The fraction of sp³-hybridized carbons (Fsp3) is 0.471. The minimum Gasteiger partial charge on any atom is -0.481 e. The first kappa shape index (κ1) is 36.1. The maximum absolute atomic E-state index is 12.2. The molecule has 2 amide bonds. The number of likely N-dealkylation sites (tertiary alicyclic amines) is 2. The van der Waals surface area contributed by atoms with Crippen LogP contribution in [0.25, 0.3) is 0 Å². The van der Waals surface area contributed by atoms with Crippen LogP contribution in [0.15, 0.2) is 48.5 Å². The molecule has 3 unspecified atom stereocenters. The van der Waals surface area contributed by atoms with Gasteiger partial charge in [-0.2, -0.15) is 0 Å². The Morgan fingerprint density at radius 1 is 0.740 bits per heavy atom. The molecule has 16 nitrogen and oxygen atoms in total. The van der Waals surface area contributed by atoms with E-state index in [1.165, 1.54) is 4.90 Å². The Kier molecular flexibility index (Phi) is 11.5. The number of anilines is 2. The highest BCUT2D eigenvalue weighted by Gasteiger charge is 2.38. The van der Waals surface area contributed by atoms with Gasteiger partial charge >= 0.3 is 24.1 Å². The van der Waals surface area contributed by atoms with Crippen molar-refractivity contribution in [3.05, 3.63) is 59.7 Å². The average molecular weight is 693 g/mol. The quantitative estimate of drug-likeness (QED) is 0.147. The first-order valence-corrected chi connectivity index (χ1v) is 16.6. The van der Waals surface area contributed by atoms with Crippen molar-refractivity contribution in [1.82, 2.24) is 9.80 Å². The zero-order chi connectivity index (χ0) is 35.9. The van der Waals surface area contributed by atoms with Gasteiger partial charge in [0.05, 0.1) is 13.1 Å². The van der Waals surface area contributed by atoms with Crippen LogP contribution in [0.5, 0.6) is 0 Å². The van der Waals surface area contributed by atoms with Crippen LogP contribution in [-0.2, 0) is 19.1 Å². The molecule has 50 heavy (non-hydrogen) atoms. The van der Waals surface area contributed by atoms with Crippen molar-refractivity contribution >= 4 is 47.2 Å². The summed E-state index contributed by atoms with van der Waals surface area (Å²) in [7, 11) is 0. The summed E-state index contributed by atoms with van der Waals surface area (Å²) in [5.41, 5.74) is 13.5. The van der Waals surface area contributed by atoms with E-state index >= 15 is 0 Å². The fourth-order valence-corrected chi connectivity index (χ4v) is 6.79.